The third kappa shape index (κ3) is 9.29. The van der Waals surface area contributed by atoms with E-state index in [2.05, 4.69) is 83.7 Å². The van der Waals surface area contributed by atoms with Crippen molar-refractivity contribution in [2.45, 2.75) is 88.1 Å². The van der Waals surface area contributed by atoms with Gasteiger partial charge in [-0.15, -0.1) is 0 Å². The van der Waals surface area contributed by atoms with Gasteiger partial charge in [-0.2, -0.15) is 0 Å². The number of hydrogen-bond acceptors (Lipinski definition) is 8. The van der Waals surface area contributed by atoms with Crippen LogP contribution in [0.5, 0.6) is 0 Å². The van der Waals surface area contributed by atoms with Crippen molar-refractivity contribution in [1.82, 2.24) is 0 Å². The topological polar surface area (TPSA) is 102 Å². The Hall–Kier alpha value is -1.82. The van der Waals surface area contributed by atoms with Crippen LogP contribution >= 0.6 is 31.9 Å². The number of oxime groups is 2. The van der Waals surface area contributed by atoms with Crippen molar-refractivity contribution in [1.29, 1.82) is 0 Å². The minimum atomic E-state index is -0.768. The van der Waals surface area contributed by atoms with Crippen molar-refractivity contribution in [2.24, 2.45) is 33.0 Å². The number of hydrogen-bond donors (Lipinski definition) is 2. The van der Waals surface area contributed by atoms with E-state index in [4.69, 9.17) is 18.9 Å². The molecule has 0 aromatic heterocycles. The van der Waals surface area contributed by atoms with Gasteiger partial charge in [0, 0.05) is 14.2 Å². The zero-order valence-corrected chi connectivity index (χ0v) is 33.1. The molecule has 6 atom stereocenters. The molecule has 2 aliphatic rings. The van der Waals surface area contributed by atoms with Crippen LogP contribution in [0.1, 0.15) is 78.4 Å². The molecule has 2 saturated carbocycles. The van der Waals surface area contributed by atoms with Crippen LogP contribution < -0.4 is 0 Å². The van der Waals surface area contributed by atoms with Crippen molar-refractivity contribution in [3.05, 3.63) is 71.8 Å². The molecule has 8 nitrogen and oxygen atoms in total. The molecule has 2 fully saturated rings. The smallest absolute Gasteiger partial charge is 0.147 e. The molecule has 0 amide bonds. The van der Waals surface area contributed by atoms with Crippen molar-refractivity contribution < 1.29 is 29.4 Å². The number of halogens is 2. The molecular formula is C38H56Br2N2O6. The van der Waals surface area contributed by atoms with Gasteiger partial charge in [0.25, 0.3) is 0 Å². The number of alkyl halides is 2. The summed E-state index contributed by atoms with van der Waals surface area (Å²) in [6.07, 6.45) is 3.32. The first-order chi connectivity index (χ1) is 22.7. The van der Waals surface area contributed by atoms with E-state index < -0.39 is 11.2 Å². The zero-order chi connectivity index (χ0) is 35.6. The maximum absolute atomic E-state index is 9.80. The molecule has 268 valence electrons. The highest BCUT2D eigenvalue weighted by atomic mass is 79.9. The van der Waals surface area contributed by atoms with E-state index in [-0.39, 0.29) is 20.5 Å². The summed E-state index contributed by atoms with van der Waals surface area (Å²) >= 11 is 7.71. The monoisotopic (exact) mass is 794 g/mol. The minimum absolute atomic E-state index is 0.0214. The summed E-state index contributed by atoms with van der Waals surface area (Å²) in [5, 5.41) is 27.0. The maximum Gasteiger partial charge on any atom is 0.147 e. The largest absolute Gasteiger partial charge is 0.411 e. The van der Waals surface area contributed by atoms with Crippen LogP contribution in [0.15, 0.2) is 71.0 Å². The third-order valence-corrected chi connectivity index (χ3v) is 12.0. The number of ether oxygens (including phenoxy) is 4. The first-order valence-electron chi connectivity index (χ1n) is 16.8. The number of benzene rings is 2. The SMILES string of the molecule is COCCO[C@@]1(c2ccccc2)/C(=N/O)C[C@@H](C(C)(C)C)C[C@@H]1Br.COCCO[C@]1(c2ccccc2)/C(=N/O)C[C@H](C(C)(C)C)C[C@H]1Br. The molecule has 48 heavy (non-hydrogen) atoms. The van der Waals surface area contributed by atoms with Gasteiger partial charge in [-0.3, -0.25) is 0 Å². The highest BCUT2D eigenvalue weighted by molar-refractivity contribution is 9.09. The van der Waals surface area contributed by atoms with Crippen molar-refractivity contribution in [3.63, 3.8) is 0 Å². The quantitative estimate of drug-likeness (QED) is 0.108. The normalized spacial score (nSPS) is 29.8. The Morgan fingerprint density at radius 2 is 0.958 bits per heavy atom. The van der Waals surface area contributed by atoms with Gasteiger partial charge in [-0.05, 0) is 59.5 Å². The molecule has 2 aromatic rings. The van der Waals surface area contributed by atoms with E-state index in [9.17, 15) is 10.4 Å². The predicted molar refractivity (Wildman–Crippen MR) is 200 cm³/mol. The van der Waals surface area contributed by atoms with Gasteiger partial charge in [0.1, 0.15) is 11.2 Å². The van der Waals surface area contributed by atoms with Gasteiger partial charge in [0.05, 0.1) is 47.5 Å². The Kier molecular flexibility index (Phi) is 15.1. The fourth-order valence-electron chi connectivity index (χ4n) is 6.83. The van der Waals surface area contributed by atoms with Gasteiger partial charge in [0.2, 0.25) is 0 Å². The second-order valence-electron chi connectivity index (χ2n) is 14.9. The maximum atomic E-state index is 9.80. The molecule has 0 unspecified atom stereocenters. The van der Waals surface area contributed by atoms with Gasteiger partial charge in [0.15, 0.2) is 0 Å². The molecule has 0 saturated heterocycles. The minimum Gasteiger partial charge on any atom is -0.411 e. The second kappa shape index (κ2) is 17.9. The second-order valence-corrected chi connectivity index (χ2v) is 17.1. The van der Waals surface area contributed by atoms with E-state index in [0.717, 1.165) is 24.0 Å². The van der Waals surface area contributed by atoms with Crippen LogP contribution in [-0.2, 0) is 30.1 Å². The zero-order valence-electron chi connectivity index (χ0n) is 29.9. The van der Waals surface area contributed by atoms with Crippen LogP contribution in [0.4, 0.5) is 0 Å². The summed E-state index contributed by atoms with van der Waals surface area (Å²) in [4.78, 5) is 0.0428. The Bertz CT molecular complexity index is 1210. The molecule has 0 spiro atoms. The molecule has 0 bridgehead atoms. The first-order valence-corrected chi connectivity index (χ1v) is 18.6. The number of nitrogens with zero attached hydrogens (tertiary/aromatic N) is 2. The van der Waals surface area contributed by atoms with Crippen molar-refractivity contribution >= 4 is 43.3 Å². The fraction of sp³-hybridized carbons (Fsp3) is 0.632. The molecule has 0 aliphatic heterocycles. The van der Waals surface area contributed by atoms with Crippen molar-refractivity contribution in [3.8, 4) is 0 Å². The van der Waals surface area contributed by atoms with E-state index >= 15 is 0 Å². The van der Waals surface area contributed by atoms with Crippen LogP contribution in [-0.4, -0.2) is 72.1 Å². The molecule has 2 N–H and O–H groups in total. The van der Waals surface area contributed by atoms with Crippen LogP contribution in [0.3, 0.4) is 0 Å². The third-order valence-electron chi connectivity index (χ3n) is 9.93. The summed E-state index contributed by atoms with van der Waals surface area (Å²) in [6, 6.07) is 20.0. The molecule has 10 heteroatoms. The van der Waals surface area contributed by atoms with Gasteiger partial charge < -0.3 is 29.4 Å². The summed E-state index contributed by atoms with van der Waals surface area (Å²) in [7, 11) is 3.31. The summed E-state index contributed by atoms with van der Waals surface area (Å²) in [5.41, 5.74) is 2.10. The average Bonchev–Trinajstić information content (AvgIpc) is 3.06. The van der Waals surface area contributed by atoms with Crippen LogP contribution in [0.25, 0.3) is 0 Å². The molecule has 2 aromatic carbocycles. The van der Waals surface area contributed by atoms with Gasteiger partial charge in [-0.25, -0.2) is 0 Å². The van der Waals surface area contributed by atoms with Gasteiger partial charge in [-0.1, -0.05) is 144 Å². The van der Waals surface area contributed by atoms with E-state index in [1.54, 1.807) is 14.2 Å². The Balaban J connectivity index is 0.000000260. The van der Waals surface area contributed by atoms with Gasteiger partial charge >= 0.3 is 0 Å². The lowest BCUT2D eigenvalue weighted by Crippen LogP contribution is -2.53. The lowest BCUT2D eigenvalue weighted by atomic mass is 9.65. The summed E-state index contributed by atoms with van der Waals surface area (Å²) in [5.74, 6) is 0.825. The Morgan fingerprint density at radius 1 is 0.625 bits per heavy atom. The summed E-state index contributed by atoms with van der Waals surface area (Å²) < 4.78 is 22.9. The summed E-state index contributed by atoms with van der Waals surface area (Å²) in [6.45, 7) is 15.2. The Morgan fingerprint density at radius 3 is 1.23 bits per heavy atom. The standard InChI is InChI=1S/2C19H28BrNO3/c2*1-18(2,3)15-12-16(20)19(17(13-15)21-22,24-11-10-23-4)14-8-6-5-7-9-14/h2*5-9,15-16,22H,10-13H2,1-4H3/b2*21-17+/t2*15-,16-,19+/m10/s1. The molecule has 0 heterocycles. The molecule has 4 rings (SSSR count). The highest BCUT2D eigenvalue weighted by Gasteiger charge is 2.53. The molecule has 0 radical (unpaired) electrons. The fourth-order valence-corrected chi connectivity index (χ4v) is 9.06. The number of methoxy groups -OCH3 is 2. The van der Waals surface area contributed by atoms with E-state index in [1.165, 1.54) is 0 Å². The van der Waals surface area contributed by atoms with Crippen LogP contribution in [0.2, 0.25) is 0 Å². The average molecular weight is 797 g/mol. The molecular weight excluding hydrogens is 740 g/mol. The van der Waals surface area contributed by atoms with E-state index in [1.807, 2.05) is 60.7 Å². The van der Waals surface area contributed by atoms with Crippen LogP contribution in [0, 0.1) is 22.7 Å². The lowest BCUT2D eigenvalue weighted by Gasteiger charge is -2.47. The predicted octanol–water partition coefficient (Wildman–Crippen LogP) is 9.19. The highest BCUT2D eigenvalue weighted by Crippen LogP contribution is 2.50. The molecule has 2 aliphatic carbocycles. The van der Waals surface area contributed by atoms with Crippen molar-refractivity contribution in [2.75, 3.05) is 40.6 Å². The lowest BCUT2D eigenvalue weighted by molar-refractivity contribution is -0.0383. The van der Waals surface area contributed by atoms with E-state index in [0.29, 0.717) is 62.5 Å². The Labute approximate surface area is 304 Å². The number of rotatable bonds is 10. The first kappa shape index (κ1) is 40.6.